The van der Waals surface area contributed by atoms with Gasteiger partial charge in [0.2, 0.25) is 0 Å². The van der Waals surface area contributed by atoms with Crippen molar-refractivity contribution >= 4 is 0 Å². The van der Waals surface area contributed by atoms with Crippen LogP contribution in [0.15, 0.2) is 0 Å². The molecule has 0 aromatic carbocycles. The first-order valence-corrected chi connectivity index (χ1v) is 10.8. The van der Waals surface area contributed by atoms with Crippen LogP contribution in [0, 0.1) is 5.92 Å². The van der Waals surface area contributed by atoms with Crippen LogP contribution < -0.4 is 0 Å². The van der Waals surface area contributed by atoms with Crippen LogP contribution in [0.25, 0.3) is 0 Å². The van der Waals surface area contributed by atoms with Crippen LogP contribution in [0.3, 0.4) is 0 Å². The molecule has 0 radical (unpaired) electrons. The van der Waals surface area contributed by atoms with Gasteiger partial charge in [-0.25, -0.2) is 0 Å². The molecule has 0 heterocycles. The molecule has 0 rings (SSSR count). The first-order chi connectivity index (χ1) is 10.8. The molecule has 0 aromatic rings. The lowest BCUT2D eigenvalue weighted by atomic mass is 9.96. The van der Waals surface area contributed by atoms with Crippen molar-refractivity contribution in [3.05, 3.63) is 0 Å². The maximum Gasteiger partial charge on any atom is -0.0443 e. The van der Waals surface area contributed by atoms with Gasteiger partial charge in [-0.15, -0.1) is 0 Å². The molecule has 134 valence electrons. The van der Waals surface area contributed by atoms with Crippen LogP contribution in [0.4, 0.5) is 0 Å². The fourth-order valence-corrected chi connectivity index (χ4v) is 3.40. The smallest absolute Gasteiger partial charge is 0.0443 e. The van der Waals surface area contributed by atoms with Crippen molar-refractivity contribution in [3.63, 3.8) is 0 Å². The third-order valence-corrected chi connectivity index (χ3v) is 5.10. The van der Waals surface area contributed by atoms with Crippen molar-refractivity contribution in [2.45, 2.75) is 136 Å². The summed E-state index contributed by atoms with van der Waals surface area (Å²) in [7, 11) is 0. The molecule has 0 nitrogen and oxygen atoms in total. The average molecular weight is 311 g/mol. The van der Waals surface area contributed by atoms with E-state index in [2.05, 4.69) is 20.8 Å². The number of hydrogen-bond acceptors (Lipinski definition) is 0. The highest BCUT2D eigenvalue weighted by atomic mass is 14.1. The standard InChI is InChI=1S/C22H46/c1-4-6-8-9-10-11-12-13-14-15-16-17-19-21-22(3)20-18-7-5-2/h22H,4-21H2,1-3H3. The van der Waals surface area contributed by atoms with Gasteiger partial charge in [-0.3, -0.25) is 0 Å². The SMILES string of the molecule is CCCCCCCCCCCCCCCC(C)CCCCC. The van der Waals surface area contributed by atoms with E-state index in [-0.39, 0.29) is 0 Å². The normalized spacial score (nSPS) is 12.7. The highest BCUT2D eigenvalue weighted by molar-refractivity contribution is 4.55. The molecule has 0 aliphatic carbocycles. The monoisotopic (exact) mass is 310 g/mol. The molecule has 1 unspecified atom stereocenters. The molecule has 0 aromatic heterocycles. The van der Waals surface area contributed by atoms with Gasteiger partial charge in [0, 0.05) is 0 Å². The van der Waals surface area contributed by atoms with Gasteiger partial charge in [0.1, 0.15) is 0 Å². The topological polar surface area (TPSA) is 0 Å². The number of rotatable bonds is 18. The van der Waals surface area contributed by atoms with E-state index >= 15 is 0 Å². The summed E-state index contributed by atoms with van der Waals surface area (Å²) in [5.41, 5.74) is 0. The molecular formula is C22H46. The van der Waals surface area contributed by atoms with Gasteiger partial charge >= 0.3 is 0 Å². The summed E-state index contributed by atoms with van der Waals surface area (Å²) in [4.78, 5) is 0. The van der Waals surface area contributed by atoms with Crippen molar-refractivity contribution in [2.24, 2.45) is 5.92 Å². The Morgan fingerprint density at radius 1 is 0.409 bits per heavy atom. The van der Waals surface area contributed by atoms with Crippen molar-refractivity contribution in [1.82, 2.24) is 0 Å². The van der Waals surface area contributed by atoms with Crippen molar-refractivity contribution in [1.29, 1.82) is 0 Å². The Balaban J connectivity index is 3.05. The first kappa shape index (κ1) is 22.0. The van der Waals surface area contributed by atoms with Crippen molar-refractivity contribution < 1.29 is 0 Å². The summed E-state index contributed by atoms with van der Waals surface area (Å²) in [6.07, 6.45) is 26.3. The lowest BCUT2D eigenvalue weighted by Crippen LogP contribution is -1.94. The molecule has 0 saturated carbocycles. The fourth-order valence-electron chi connectivity index (χ4n) is 3.40. The zero-order valence-corrected chi connectivity index (χ0v) is 16.3. The molecule has 0 saturated heterocycles. The molecule has 0 aliphatic rings. The molecule has 22 heavy (non-hydrogen) atoms. The number of unbranched alkanes of at least 4 members (excludes halogenated alkanes) is 14. The quantitative estimate of drug-likeness (QED) is 0.222. The Morgan fingerprint density at radius 2 is 0.682 bits per heavy atom. The Labute approximate surface area is 142 Å². The van der Waals surface area contributed by atoms with E-state index < -0.39 is 0 Å². The first-order valence-electron chi connectivity index (χ1n) is 10.8. The van der Waals surface area contributed by atoms with Gasteiger partial charge in [0.05, 0.1) is 0 Å². The molecule has 0 aliphatic heterocycles. The molecule has 1 atom stereocenters. The molecule has 0 fully saturated rings. The fraction of sp³-hybridized carbons (Fsp3) is 1.00. The lowest BCUT2D eigenvalue weighted by Gasteiger charge is -2.10. The largest absolute Gasteiger partial charge is 0.0654 e. The van der Waals surface area contributed by atoms with E-state index in [4.69, 9.17) is 0 Å². The summed E-state index contributed by atoms with van der Waals surface area (Å²) < 4.78 is 0. The second-order valence-electron chi connectivity index (χ2n) is 7.63. The van der Waals surface area contributed by atoms with Crippen LogP contribution in [-0.4, -0.2) is 0 Å². The maximum atomic E-state index is 2.45. The average Bonchev–Trinajstić information content (AvgIpc) is 2.52. The van der Waals surface area contributed by atoms with Crippen molar-refractivity contribution in [3.8, 4) is 0 Å². The van der Waals surface area contributed by atoms with E-state index in [9.17, 15) is 0 Å². The van der Waals surface area contributed by atoms with Gasteiger partial charge < -0.3 is 0 Å². The van der Waals surface area contributed by atoms with Crippen LogP contribution in [0.2, 0.25) is 0 Å². The zero-order chi connectivity index (χ0) is 16.3. The van der Waals surface area contributed by atoms with Crippen LogP contribution >= 0.6 is 0 Å². The molecular weight excluding hydrogens is 264 g/mol. The molecule has 0 spiro atoms. The van der Waals surface area contributed by atoms with Gasteiger partial charge in [-0.05, 0) is 5.92 Å². The van der Waals surface area contributed by atoms with E-state index in [1.807, 2.05) is 0 Å². The van der Waals surface area contributed by atoms with E-state index in [0.29, 0.717) is 0 Å². The van der Waals surface area contributed by atoms with Crippen LogP contribution in [0.1, 0.15) is 136 Å². The van der Waals surface area contributed by atoms with E-state index in [1.165, 1.54) is 116 Å². The summed E-state index contributed by atoms with van der Waals surface area (Å²) in [5.74, 6) is 0.972. The van der Waals surface area contributed by atoms with Crippen LogP contribution in [-0.2, 0) is 0 Å². The Morgan fingerprint density at radius 3 is 1.09 bits per heavy atom. The van der Waals surface area contributed by atoms with Gasteiger partial charge in [-0.1, -0.05) is 136 Å². The minimum Gasteiger partial charge on any atom is -0.0654 e. The highest BCUT2D eigenvalue weighted by Gasteiger charge is 2.01. The predicted octanol–water partition coefficient (Wildman–Crippen LogP) is 8.68. The Bertz CT molecular complexity index is 184. The highest BCUT2D eigenvalue weighted by Crippen LogP contribution is 2.18. The summed E-state index contributed by atoms with van der Waals surface area (Å²) in [6.45, 7) is 7.06. The van der Waals surface area contributed by atoms with E-state index in [0.717, 1.165) is 5.92 Å². The molecule has 0 amide bonds. The maximum absolute atomic E-state index is 2.45. The third kappa shape index (κ3) is 18.1. The summed E-state index contributed by atoms with van der Waals surface area (Å²) in [5, 5.41) is 0. The molecule has 0 heteroatoms. The minimum atomic E-state index is 0.972. The predicted molar refractivity (Wildman–Crippen MR) is 104 cm³/mol. The minimum absolute atomic E-state index is 0.972. The lowest BCUT2D eigenvalue weighted by molar-refractivity contribution is 0.435. The Hall–Kier alpha value is 0. The van der Waals surface area contributed by atoms with Gasteiger partial charge in [0.25, 0.3) is 0 Å². The number of hydrogen-bond donors (Lipinski definition) is 0. The third-order valence-electron chi connectivity index (χ3n) is 5.10. The van der Waals surface area contributed by atoms with Gasteiger partial charge in [-0.2, -0.15) is 0 Å². The van der Waals surface area contributed by atoms with Gasteiger partial charge in [0.15, 0.2) is 0 Å². The second kappa shape index (κ2) is 19.0. The molecule has 0 bridgehead atoms. The summed E-state index contributed by atoms with van der Waals surface area (Å²) in [6, 6.07) is 0. The molecule has 0 N–H and O–H groups in total. The van der Waals surface area contributed by atoms with E-state index in [1.54, 1.807) is 0 Å². The Kier molecular flexibility index (Phi) is 19.0. The van der Waals surface area contributed by atoms with Crippen LogP contribution in [0.5, 0.6) is 0 Å². The summed E-state index contributed by atoms with van der Waals surface area (Å²) >= 11 is 0. The van der Waals surface area contributed by atoms with Crippen molar-refractivity contribution in [2.75, 3.05) is 0 Å². The second-order valence-corrected chi connectivity index (χ2v) is 7.63. The zero-order valence-electron chi connectivity index (χ0n) is 16.3.